The van der Waals surface area contributed by atoms with E-state index < -0.39 is 0 Å². The molecule has 4 aromatic rings. The Labute approximate surface area is 117 Å². The van der Waals surface area contributed by atoms with Crippen molar-refractivity contribution in [3.05, 3.63) is 47.3 Å². The van der Waals surface area contributed by atoms with Crippen LogP contribution in [-0.4, -0.2) is 15.0 Å². The SMILES string of the molecule is Clc1ccc(-c2cc3[nH]cncc3c3ccnc23)s1. The zero-order chi connectivity index (χ0) is 12.8. The maximum Gasteiger partial charge on any atom is 0.0934 e. The van der Waals surface area contributed by atoms with Gasteiger partial charge in [0, 0.05) is 39.1 Å². The van der Waals surface area contributed by atoms with Gasteiger partial charge in [-0.15, -0.1) is 11.3 Å². The van der Waals surface area contributed by atoms with Crippen molar-refractivity contribution in [3.63, 3.8) is 0 Å². The third-order valence-electron chi connectivity index (χ3n) is 3.16. The smallest absolute Gasteiger partial charge is 0.0934 e. The second kappa shape index (κ2) is 4.05. The topological polar surface area (TPSA) is 41.6 Å². The first-order valence-electron chi connectivity index (χ1n) is 5.78. The molecule has 19 heavy (non-hydrogen) atoms. The van der Waals surface area contributed by atoms with Crippen LogP contribution >= 0.6 is 22.9 Å². The number of fused-ring (bicyclic) bond motifs is 3. The first kappa shape index (κ1) is 11.0. The highest BCUT2D eigenvalue weighted by molar-refractivity contribution is 7.19. The van der Waals surface area contributed by atoms with Gasteiger partial charge in [0.2, 0.25) is 0 Å². The molecule has 0 unspecified atom stereocenters. The first-order valence-corrected chi connectivity index (χ1v) is 6.98. The molecule has 3 nitrogen and oxygen atoms in total. The van der Waals surface area contributed by atoms with E-state index in [9.17, 15) is 0 Å². The lowest BCUT2D eigenvalue weighted by atomic mass is 10.1. The van der Waals surface area contributed by atoms with Crippen LogP contribution in [-0.2, 0) is 0 Å². The molecule has 4 rings (SSSR count). The predicted octanol–water partition coefficient (Wildman–Crippen LogP) is 4.49. The van der Waals surface area contributed by atoms with Crippen LogP contribution in [0.2, 0.25) is 4.34 Å². The van der Waals surface area contributed by atoms with E-state index in [0.717, 1.165) is 36.6 Å². The Kier molecular flexibility index (Phi) is 2.33. The zero-order valence-electron chi connectivity index (χ0n) is 9.72. The summed E-state index contributed by atoms with van der Waals surface area (Å²) in [5.41, 5.74) is 3.15. The Bertz CT molecular complexity index is 894. The minimum atomic E-state index is 0.786. The molecule has 1 aromatic carbocycles. The summed E-state index contributed by atoms with van der Waals surface area (Å²) in [7, 11) is 0. The van der Waals surface area contributed by atoms with E-state index in [1.165, 1.54) is 0 Å². The van der Waals surface area contributed by atoms with Gasteiger partial charge in [-0.25, -0.2) is 4.98 Å². The van der Waals surface area contributed by atoms with Crippen molar-refractivity contribution in [2.75, 3.05) is 0 Å². The number of hydrogen-bond donors (Lipinski definition) is 1. The Morgan fingerprint density at radius 3 is 2.95 bits per heavy atom. The highest BCUT2D eigenvalue weighted by Crippen LogP contribution is 2.37. The van der Waals surface area contributed by atoms with E-state index >= 15 is 0 Å². The number of rotatable bonds is 1. The summed E-state index contributed by atoms with van der Waals surface area (Å²) in [4.78, 5) is 12.9. The van der Waals surface area contributed by atoms with E-state index in [1.54, 1.807) is 17.7 Å². The number of H-pyrrole nitrogens is 1. The molecule has 3 aromatic heterocycles. The number of aromatic nitrogens is 3. The molecule has 0 aliphatic heterocycles. The van der Waals surface area contributed by atoms with Gasteiger partial charge < -0.3 is 4.98 Å². The molecule has 0 amide bonds. The number of thiophene rings is 1. The largest absolute Gasteiger partial charge is 0.346 e. The molecule has 0 saturated carbocycles. The molecule has 0 bridgehead atoms. The first-order chi connectivity index (χ1) is 9.33. The fraction of sp³-hybridized carbons (Fsp3) is 0. The highest BCUT2D eigenvalue weighted by Gasteiger charge is 2.12. The second-order valence-corrected chi connectivity index (χ2v) is 5.96. The van der Waals surface area contributed by atoms with Gasteiger partial charge in [-0.3, -0.25) is 4.98 Å². The lowest BCUT2D eigenvalue weighted by Gasteiger charge is -2.04. The van der Waals surface area contributed by atoms with Crippen LogP contribution in [0.15, 0.2) is 43.0 Å². The van der Waals surface area contributed by atoms with Crippen molar-refractivity contribution in [2.24, 2.45) is 0 Å². The number of halogens is 1. The van der Waals surface area contributed by atoms with Crippen LogP contribution in [0, 0.1) is 0 Å². The number of nitrogens with one attached hydrogen (secondary N) is 1. The number of nitrogens with zero attached hydrogens (tertiary/aromatic N) is 2. The van der Waals surface area contributed by atoms with Crippen LogP contribution in [0.3, 0.4) is 0 Å². The van der Waals surface area contributed by atoms with E-state index in [1.807, 2.05) is 30.6 Å². The number of benzene rings is 1. The summed E-state index contributed by atoms with van der Waals surface area (Å²) < 4.78 is 0.786. The van der Waals surface area contributed by atoms with Crippen molar-refractivity contribution in [1.82, 2.24) is 15.0 Å². The lowest BCUT2D eigenvalue weighted by Crippen LogP contribution is -1.84. The van der Waals surface area contributed by atoms with Crippen LogP contribution in [0.4, 0.5) is 0 Å². The Balaban J connectivity index is 2.16. The standard InChI is InChI=1S/C14H8ClN3S/c15-13-2-1-12(19-13)9-5-11-10(6-16-7-18-11)8-3-4-17-14(8)9/h1-7H,(H,16,18). The average Bonchev–Trinajstić information content (AvgIpc) is 3.06. The predicted molar refractivity (Wildman–Crippen MR) is 79.7 cm³/mol. The molecule has 0 atom stereocenters. The quantitative estimate of drug-likeness (QED) is 0.560. The van der Waals surface area contributed by atoms with Crippen molar-refractivity contribution in [3.8, 4) is 10.4 Å². The molecule has 0 radical (unpaired) electrons. The summed E-state index contributed by atoms with van der Waals surface area (Å²) in [5.74, 6) is 0. The normalized spacial score (nSPS) is 11.4. The third-order valence-corrected chi connectivity index (χ3v) is 4.43. The van der Waals surface area contributed by atoms with Crippen molar-refractivity contribution >= 4 is 44.7 Å². The molecule has 0 fully saturated rings. The van der Waals surface area contributed by atoms with E-state index in [2.05, 4.69) is 21.0 Å². The van der Waals surface area contributed by atoms with Gasteiger partial charge in [0.1, 0.15) is 0 Å². The number of aromatic amines is 1. The summed E-state index contributed by atoms with van der Waals surface area (Å²) in [6.45, 7) is 0. The Morgan fingerprint density at radius 2 is 2.11 bits per heavy atom. The number of hydrogen-bond acceptors (Lipinski definition) is 3. The lowest BCUT2D eigenvalue weighted by molar-refractivity contribution is 1.23. The Hall–Kier alpha value is -1.91. The zero-order valence-corrected chi connectivity index (χ0v) is 11.3. The molecule has 0 aliphatic carbocycles. The van der Waals surface area contributed by atoms with Gasteiger partial charge in [0.25, 0.3) is 0 Å². The van der Waals surface area contributed by atoms with Gasteiger partial charge in [0.15, 0.2) is 0 Å². The molecule has 92 valence electrons. The molecule has 5 heteroatoms. The average molecular weight is 286 g/mol. The highest BCUT2D eigenvalue weighted by atomic mass is 35.5. The van der Waals surface area contributed by atoms with Crippen molar-refractivity contribution in [1.29, 1.82) is 0 Å². The molecule has 0 aliphatic rings. The minimum Gasteiger partial charge on any atom is -0.346 e. The van der Waals surface area contributed by atoms with E-state index in [0.29, 0.717) is 0 Å². The summed E-state index contributed by atoms with van der Waals surface area (Å²) in [6, 6.07) is 8.07. The van der Waals surface area contributed by atoms with Crippen molar-refractivity contribution < 1.29 is 0 Å². The fourth-order valence-corrected chi connectivity index (χ4v) is 3.39. The van der Waals surface area contributed by atoms with Gasteiger partial charge in [-0.1, -0.05) is 11.6 Å². The summed E-state index contributed by atoms with van der Waals surface area (Å²) in [5, 5.41) is 2.20. The van der Waals surface area contributed by atoms with Crippen molar-refractivity contribution in [2.45, 2.75) is 0 Å². The van der Waals surface area contributed by atoms with Gasteiger partial charge in [-0.2, -0.15) is 0 Å². The van der Waals surface area contributed by atoms with Gasteiger partial charge >= 0.3 is 0 Å². The monoisotopic (exact) mass is 285 g/mol. The van der Waals surface area contributed by atoms with Crippen LogP contribution in [0.25, 0.3) is 32.2 Å². The van der Waals surface area contributed by atoms with Gasteiger partial charge in [0.05, 0.1) is 16.2 Å². The molecule has 3 heterocycles. The molecule has 1 N–H and O–H groups in total. The van der Waals surface area contributed by atoms with E-state index in [4.69, 9.17) is 11.6 Å². The molecular formula is C14H8ClN3S. The minimum absolute atomic E-state index is 0.786. The Morgan fingerprint density at radius 1 is 1.16 bits per heavy atom. The van der Waals surface area contributed by atoms with Gasteiger partial charge in [-0.05, 0) is 24.3 Å². The molecular weight excluding hydrogens is 278 g/mol. The van der Waals surface area contributed by atoms with Crippen LogP contribution in [0.5, 0.6) is 0 Å². The summed E-state index contributed by atoms with van der Waals surface area (Å²) in [6.07, 6.45) is 5.38. The third kappa shape index (κ3) is 1.64. The summed E-state index contributed by atoms with van der Waals surface area (Å²) >= 11 is 7.60. The molecule has 0 saturated heterocycles. The second-order valence-electron chi connectivity index (χ2n) is 4.25. The maximum atomic E-state index is 6.03. The maximum absolute atomic E-state index is 6.03. The fourth-order valence-electron chi connectivity index (χ4n) is 2.33. The van der Waals surface area contributed by atoms with Crippen LogP contribution in [0.1, 0.15) is 0 Å². The van der Waals surface area contributed by atoms with Crippen LogP contribution < -0.4 is 0 Å². The van der Waals surface area contributed by atoms with E-state index in [-0.39, 0.29) is 0 Å². The molecule has 0 spiro atoms.